The quantitative estimate of drug-likeness (QED) is 0.198. The van der Waals surface area contributed by atoms with E-state index in [1.807, 2.05) is 25.5 Å². The summed E-state index contributed by atoms with van der Waals surface area (Å²) in [5.74, 6) is 1.71. The first-order valence-corrected chi connectivity index (χ1v) is 17.5. The van der Waals surface area contributed by atoms with Crippen LogP contribution in [-0.4, -0.2) is 83.4 Å². The second-order valence-corrected chi connectivity index (χ2v) is 15.2. The van der Waals surface area contributed by atoms with Gasteiger partial charge in [0.2, 0.25) is 5.95 Å². The van der Waals surface area contributed by atoms with Gasteiger partial charge in [-0.05, 0) is 73.1 Å². The standard InChI is InChI=1S/C30H39BrN8O2P/c1-7-19-16-24(26(41-4)17-25(19)39-14-10-20(11-15-39)38(2)3)36-30-34-18-21(31)29(37-30)35-23-9-8-22-27(33-13-12-32-22)28(23)42(5,6)40/h8-9,12-13,16-18,20,40H,7,10-11,14-15H2,1-6H3,(H2,34,35,36,37)/q+1. The zero-order valence-electron chi connectivity index (χ0n) is 25.0. The maximum absolute atomic E-state index is 11.2. The van der Waals surface area contributed by atoms with Crippen LogP contribution in [0, 0.1) is 0 Å². The fourth-order valence-electron chi connectivity index (χ4n) is 5.52. The third-order valence-electron chi connectivity index (χ3n) is 7.72. The molecule has 0 unspecified atom stereocenters. The SMILES string of the molecule is CCc1cc(Nc2ncc(Br)c(Nc3ccc4nccnc4c3[P+](C)(C)O)n2)c(OC)cc1N1CCC(N(C)C)CC1. The molecule has 0 amide bonds. The molecule has 1 saturated heterocycles. The fraction of sp³-hybridized carbons (Fsp3) is 0.400. The molecule has 2 aromatic heterocycles. The number of halogens is 1. The number of rotatable bonds is 9. The molecular weight excluding hydrogens is 615 g/mol. The number of anilines is 5. The average Bonchev–Trinajstić information content (AvgIpc) is 2.97. The van der Waals surface area contributed by atoms with Gasteiger partial charge in [-0.15, -0.1) is 0 Å². The molecule has 4 aromatic rings. The average molecular weight is 655 g/mol. The minimum absolute atomic E-state index is 0.417. The molecule has 1 fully saturated rings. The van der Waals surface area contributed by atoms with Crippen LogP contribution < -0.4 is 25.6 Å². The van der Waals surface area contributed by atoms with E-state index >= 15 is 0 Å². The van der Waals surface area contributed by atoms with Crippen LogP contribution in [-0.2, 0) is 6.42 Å². The molecule has 42 heavy (non-hydrogen) atoms. The predicted molar refractivity (Wildman–Crippen MR) is 178 cm³/mol. The summed E-state index contributed by atoms with van der Waals surface area (Å²) in [6, 6.07) is 8.69. The van der Waals surface area contributed by atoms with E-state index in [9.17, 15) is 4.89 Å². The lowest BCUT2D eigenvalue weighted by Crippen LogP contribution is -2.42. The maximum Gasteiger partial charge on any atom is 0.229 e. The zero-order chi connectivity index (χ0) is 30.0. The molecule has 5 rings (SSSR count). The number of fused-ring (bicyclic) bond motifs is 1. The normalized spacial score (nSPS) is 14.5. The van der Waals surface area contributed by atoms with Crippen LogP contribution in [0.3, 0.4) is 0 Å². The number of ether oxygens (including phenoxy) is 1. The Hall–Kier alpha value is -3.11. The van der Waals surface area contributed by atoms with Crippen molar-refractivity contribution in [3.63, 3.8) is 0 Å². The summed E-state index contributed by atoms with van der Waals surface area (Å²) in [5, 5.41) is 7.52. The minimum atomic E-state index is -2.48. The van der Waals surface area contributed by atoms with E-state index in [0.717, 1.165) is 60.3 Å². The summed E-state index contributed by atoms with van der Waals surface area (Å²) < 4.78 is 6.52. The highest BCUT2D eigenvalue weighted by Crippen LogP contribution is 2.49. The smallest absolute Gasteiger partial charge is 0.229 e. The number of hydrogen-bond donors (Lipinski definition) is 3. The molecule has 0 aliphatic carbocycles. The zero-order valence-corrected chi connectivity index (χ0v) is 27.5. The monoisotopic (exact) mass is 653 g/mol. The molecule has 0 atom stereocenters. The molecule has 12 heteroatoms. The van der Waals surface area contributed by atoms with Crippen molar-refractivity contribution in [1.82, 2.24) is 24.8 Å². The van der Waals surface area contributed by atoms with E-state index in [-0.39, 0.29) is 0 Å². The number of methoxy groups -OCH3 is 1. The van der Waals surface area contributed by atoms with E-state index < -0.39 is 7.49 Å². The highest BCUT2D eigenvalue weighted by Gasteiger charge is 2.33. The Morgan fingerprint density at radius 3 is 2.48 bits per heavy atom. The highest BCUT2D eigenvalue weighted by molar-refractivity contribution is 9.10. The number of benzene rings is 2. The summed E-state index contributed by atoms with van der Waals surface area (Å²) in [4.78, 5) is 34.2. The van der Waals surface area contributed by atoms with Gasteiger partial charge >= 0.3 is 0 Å². The van der Waals surface area contributed by atoms with Gasteiger partial charge in [-0.25, -0.2) is 14.9 Å². The van der Waals surface area contributed by atoms with E-state index in [0.29, 0.717) is 27.8 Å². The van der Waals surface area contributed by atoms with E-state index in [1.54, 1.807) is 25.7 Å². The molecule has 1 aliphatic rings. The molecule has 0 radical (unpaired) electrons. The predicted octanol–water partition coefficient (Wildman–Crippen LogP) is 5.58. The van der Waals surface area contributed by atoms with Crippen molar-refractivity contribution in [3.05, 3.63) is 52.9 Å². The summed E-state index contributed by atoms with van der Waals surface area (Å²) in [5.41, 5.74) is 5.40. The van der Waals surface area contributed by atoms with Gasteiger partial charge in [-0.1, -0.05) is 6.92 Å². The first-order chi connectivity index (χ1) is 20.1. The number of piperidine rings is 1. The highest BCUT2D eigenvalue weighted by atomic mass is 79.9. The third kappa shape index (κ3) is 6.44. The Morgan fingerprint density at radius 1 is 1.07 bits per heavy atom. The van der Waals surface area contributed by atoms with Crippen molar-refractivity contribution in [3.8, 4) is 5.75 Å². The van der Waals surface area contributed by atoms with Gasteiger partial charge in [-0.2, -0.15) is 4.98 Å². The van der Waals surface area contributed by atoms with Gasteiger partial charge in [0.05, 0.1) is 41.8 Å². The molecular formula is C30H39BrN8O2P+. The number of nitrogens with one attached hydrogen (secondary N) is 2. The lowest BCUT2D eigenvalue weighted by Gasteiger charge is -2.37. The summed E-state index contributed by atoms with van der Waals surface area (Å²) in [6.07, 6.45) is 8.17. The van der Waals surface area contributed by atoms with Gasteiger partial charge in [-0.3, -0.25) is 4.98 Å². The summed E-state index contributed by atoms with van der Waals surface area (Å²) in [7, 11) is 3.54. The van der Waals surface area contributed by atoms with Gasteiger partial charge in [0, 0.05) is 49.5 Å². The molecule has 0 bridgehead atoms. The lowest BCUT2D eigenvalue weighted by molar-refractivity contribution is 0.249. The van der Waals surface area contributed by atoms with Crippen LogP contribution in [0.1, 0.15) is 25.3 Å². The second-order valence-electron chi connectivity index (χ2n) is 11.1. The topological polar surface area (TPSA) is 112 Å². The molecule has 3 N–H and O–H groups in total. The minimum Gasteiger partial charge on any atom is -0.494 e. The van der Waals surface area contributed by atoms with E-state index in [1.165, 1.54) is 11.3 Å². The van der Waals surface area contributed by atoms with Crippen LogP contribution >= 0.6 is 23.4 Å². The first-order valence-electron chi connectivity index (χ1n) is 14.1. The Kier molecular flexibility index (Phi) is 9.13. The first kappa shape index (κ1) is 30.4. The molecule has 1 aliphatic heterocycles. The van der Waals surface area contributed by atoms with Gasteiger partial charge in [0.15, 0.2) is 18.6 Å². The number of nitrogens with zero attached hydrogens (tertiary/aromatic N) is 6. The number of aryl methyl sites for hydroxylation is 1. The molecule has 10 nitrogen and oxygen atoms in total. The molecule has 222 valence electrons. The molecule has 2 aromatic carbocycles. The number of hydrogen-bond acceptors (Lipinski definition) is 10. The van der Waals surface area contributed by atoms with Crippen molar-refractivity contribution in [1.29, 1.82) is 0 Å². The van der Waals surface area contributed by atoms with Crippen LogP contribution in [0.2, 0.25) is 0 Å². The van der Waals surface area contributed by atoms with Crippen LogP contribution in [0.15, 0.2) is 47.3 Å². The van der Waals surface area contributed by atoms with Crippen LogP contribution in [0.4, 0.5) is 28.8 Å². The summed E-state index contributed by atoms with van der Waals surface area (Å²) in [6.45, 7) is 7.90. The Labute approximate surface area is 256 Å². The van der Waals surface area contributed by atoms with Gasteiger partial charge in [0.1, 0.15) is 11.3 Å². The van der Waals surface area contributed by atoms with Crippen molar-refractivity contribution < 1.29 is 9.63 Å². The largest absolute Gasteiger partial charge is 0.494 e. The third-order valence-corrected chi connectivity index (χ3v) is 9.85. The van der Waals surface area contributed by atoms with Gasteiger partial charge in [0.25, 0.3) is 0 Å². The van der Waals surface area contributed by atoms with Crippen molar-refractivity contribution >= 4 is 68.6 Å². The van der Waals surface area contributed by atoms with Crippen molar-refractivity contribution in [2.45, 2.75) is 32.2 Å². The lowest BCUT2D eigenvalue weighted by atomic mass is 10.0. The Balaban J connectivity index is 1.44. The van der Waals surface area contributed by atoms with Crippen molar-refractivity contribution in [2.75, 3.05) is 63.2 Å². The maximum atomic E-state index is 11.2. The van der Waals surface area contributed by atoms with Crippen molar-refractivity contribution in [2.24, 2.45) is 0 Å². The Bertz CT molecular complexity index is 1570. The molecule has 0 saturated carbocycles. The second kappa shape index (κ2) is 12.6. The van der Waals surface area contributed by atoms with Crippen LogP contribution in [0.5, 0.6) is 5.75 Å². The molecule has 0 spiro atoms. The Morgan fingerprint density at radius 2 is 1.81 bits per heavy atom. The fourth-order valence-corrected chi connectivity index (χ4v) is 7.22. The molecule has 3 heterocycles. The number of aromatic nitrogens is 4. The van der Waals surface area contributed by atoms with E-state index in [4.69, 9.17) is 9.72 Å². The van der Waals surface area contributed by atoms with Crippen LogP contribution in [0.25, 0.3) is 11.0 Å². The summed E-state index contributed by atoms with van der Waals surface area (Å²) >= 11 is 3.59. The van der Waals surface area contributed by atoms with Gasteiger partial charge < -0.3 is 25.2 Å². The van der Waals surface area contributed by atoms with E-state index in [2.05, 4.69) is 84.5 Å².